The zero-order valence-electron chi connectivity index (χ0n) is 14.4. The van der Waals surface area contributed by atoms with E-state index in [0.717, 1.165) is 16.7 Å². The van der Waals surface area contributed by atoms with Crippen molar-refractivity contribution in [1.82, 2.24) is 0 Å². The number of rotatable bonds is 4. The molecule has 0 aromatic heterocycles. The first-order valence-corrected chi connectivity index (χ1v) is 8.53. The summed E-state index contributed by atoms with van der Waals surface area (Å²) < 4.78 is 0. The maximum Gasteiger partial charge on any atom is 0.161 e. The Hall–Kier alpha value is -2.92. The SMILES string of the molecule is C=C(C)C1CC(=O)C(C(c2ccccc2)c2ccccc2)=C(C#N)C1. The summed E-state index contributed by atoms with van der Waals surface area (Å²) in [6, 6.07) is 22.2. The Morgan fingerprint density at radius 1 is 1.04 bits per heavy atom. The van der Waals surface area contributed by atoms with Crippen molar-refractivity contribution in [3.8, 4) is 6.07 Å². The first-order chi connectivity index (χ1) is 12.1. The molecule has 0 aliphatic heterocycles. The number of Topliss-reactive ketones (excluding diaryl/α,β-unsaturated/α-hetero) is 1. The normalized spacial score (nSPS) is 17.5. The van der Waals surface area contributed by atoms with Gasteiger partial charge in [-0.1, -0.05) is 72.8 Å². The lowest BCUT2D eigenvalue weighted by Gasteiger charge is -2.29. The molecule has 0 radical (unpaired) electrons. The minimum atomic E-state index is -0.198. The average molecular weight is 327 g/mol. The summed E-state index contributed by atoms with van der Waals surface area (Å²) in [5.74, 6) is -0.0674. The second-order valence-corrected chi connectivity index (χ2v) is 6.63. The molecule has 0 spiro atoms. The highest BCUT2D eigenvalue weighted by Gasteiger charge is 2.34. The largest absolute Gasteiger partial charge is 0.294 e. The molecule has 2 aromatic rings. The van der Waals surface area contributed by atoms with E-state index in [1.807, 2.05) is 67.6 Å². The zero-order valence-corrected chi connectivity index (χ0v) is 14.4. The van der Waals surface area contributed by atoms with Crippen LogP contribution in [0.1, 0.15) is 36.8 Å². The number of hydrogen-bond donors (Lipinski definition) is 0. The summed E-state index contributed by atoms with van der Waals surface area (Å²) in [5, 5.41) is 9.73. The van der Waals surface area contributed by atoms with Gasteiger partial charge in [0.15, 0.2) is 5.78 Å². The summed E-state index contributed by atoms with van der Waals surface area (Å²) in [4.78, 5) is 13.0. The highest BCUT2D eigenvalue weighted by Crippen LogP contribution is 2.41. The fourth-order valence-corrected chi connectivity index (χ4v) is 3.54. The number of nitrogens with zero attached hydrogens (tertiary/aromatic N) is 1. The van der Waals surface area contributed by atoms with Crippen molar-refractivity contribution in [2.75, 3.05) is 0 Å². The van der Waals surface area contributed by atoms with Crippen LogP contribution in [-0.4, -0.2) is 5.78 Å². The molecule has 0 fully saturated rings. The Morgan fingerprint density at radius 3 is 2.00 bits per heavy atom. The van der Waals surface area contributed by atoms with Gasteiger partial charge in [-0.25, -0.2) is 0 Å². The summed E-state index contributed by atoms with van der Waals surface area (Å²) >= 11 is 0. The lowest BCUT2D eigenvalue weighted by molar-refractivity contribution is -0.116. The van der Waals surface area contributed by atoms with Crippen LogP contribution < -0.4 is 0 Å². The monoisotopic (exact) mass is 327 g/mol. The topological polar surface area (TPSA) is 40.9 Å². The van der Waals surface area contributed by atoms with Crippen LogP contribution in [0.25, 0.3) is 0 Å². The molecule has 2 heteroatoms. The maximum atomic E-state index is 13.0. The molecular weight excluding hydrogens is 306 g/mol. The molecule has 2 nitrogen and oxygen atoms in total. The Balaban J connectivity index is 2.17. The van der Waals surface area contributed by atoms with Gasteiger partial charge in [0.05, 0.1) is 6.07 Å². The van der Waals surface area contributed by atoms with Gasteiger partial charge in [-0.2, -0.15) is 5.26 Å². The van der Waals surface area contributed by atoms with E-state index >= 15 is 0 Å². The van der Waals surface area contributed by atoms with E-state index in [9.17, 15) is 10.1 Å². The van der Waals surface area contributed by atoms with Crippen molar-refractivity contribution >= 4 is 5.78 Å². The van der Waals surface area contributed by atoms with Crippen LogP contribution in [0.3, 0.4) is 0 Å². The van der Waals surface area contributed by atoms with Crippen LogP contribution in [0.2, 0.25) is 0 Å². The predicted molar refractivity (Wildman–Crippen MR) is 99.9 cm³/mol. The van der Waals surface area contributed by atoms with Gasteiger partial charge in [-0.3, -0.25) is 4.79 Å². The van der Waals surface area contributed by atoms with Crippen LogP contribution in [-0.2, 0) is 4.79 Å². The number of carbonyl (C=O) groups is 1. The van der Waals surface area contributed by atoms with Gasteiger partial charge < -0.3 is 0 Å². The third-order valence-corrected chi connectivity index (χ3v) is 4.89. The van der Waals surface area contributed by atoms with Crippen molar-refractivity contribution in [3.05, 3.63) is 95.1 Å². The van der Waals surface area contributed by atoms with E-state index in [1.165, 1.54) is 0 Å². The third kappa shape index (κ3) is 3.46. The zero-order chi connectivity index (χ0) is 17.8. The van der Waals surface area contributed by atoms with E-state index in [0.29, 0.717) is 24.0 Å². The van der Waals surface area contributed by atoms with Crippen molar-refractivity contribution in [2.24, 2.45) is 5.92 Å². The van der Waals surface area contributed by atoms with E-state index in [1.54, 1.807) is 0 Å². The van der Waals surface area contributed by atoms with Crippen molar-refractivity contribution in [1.29, 1.82) is 5.26 Å². The summed E-state index contributed by atoms with van der Waals surface area (Å²) in [6.07, 6.45) is 1.04. The lowest BCUT2D eigenvalue weighted by atomic mass is 9.72. The number of hydrogen-bond acceptors (Lipinski definition) is 2. The molecule has 0 heterocycles. The number of allylic oxidation sites excluding steroid dienone is 3. The molecule has 1 aliphatic carbocycles. The molecule has 1 aliphatic rings. The minimum Gasteiger partial charge on any atom is -0.294 e. The molecule has 2 aromatic carbocycles. The summed E-state index contributed by atoms with van der Waals surface area (Å²) in [6.45, 7) is 5.92. The smallest absolute Gasteiger partial charge is 0.161 e. The fourth-order valence-electron chi connectivity index (χ4n) is 3.54. The predicted octanol–water partition coefficient (Wildman–Crippen LogP) is 5.19. The Bertz CT molecular complexity index is 816. The standard InChI is InChI=1S/C23H21NO/c1-16(2)19-13-20(15-24)23(21(25)14-19)22(17-9-5-3-6-10-17)18-11-7-4-8-12-18/h3-12,19,22H,1,13-14H2,2H3. The molecule has 3 rings (SSSR count). The molecule has 124 valence electrons. The first-order valence-electron chi connectivity index (χ1n) is 8.53. The van der Waals surface area contributed by atoms with Gasteiger partial charge in [0.2, 0.25) is 0 Å². The van der Waals surface area contributed by atoms with Gasteiger partial charge >= 0.3 is 0 Å². The molecule has 0 saturated heterocycles. The highest BCUT2D eigenvalue weighted by molar-refractivity contribution is 6.00. The molecule has 1 atom stereocenters. The summed E-state index contributed by atoms with van der Waals surface area (Å²) in [7, 11) is 0. The molecule has 0 bridgehead atoms. The minimum absolute atomic E-state index is 0.0634. The number of ketones is 1. The van der Waals surface area contributed by atoms with E-state index in [2.05, 4.69) is 12.6 Å². The average Bonchev–Trinajstić information content (AvgIpc) is 2.64. The fraction of sp³-hybridized carbons (Fsp3) is 0.217. The molecule has 0 amide bonds. The van der Waals surface area contributed by atoms with Gasteiger partial charge in [-0.15, -0.1) is 0 Å². The van der Waals surface area contributed by atoms with Gasteiger partial charge in [-0.05, 0) is 30.4 Å². The van der Waals surface area contributed by atoms with Gasteiger partial charge in [0.1, 0.15) is 0 Å². The summed E-state index contributed by atoms with van der Waals surface area (Å²) in [5.41, 5.74) is 4.30. The van der Waals surface area contributed by atoms with Crippen LogP contribution in [0.4, 0.5) is 0 Å². The maximum absolute atomic E-state index is 13.0. The Morgan fingerprint density at radius 2 is 1.56 bits per heavy atom. The Kier molecular flexibility index (Phi) is 4.95. The van der Waals surface area contributed by atoms with Crippen LogP contribution in [0.5, 0.6) is 0 Å². The van der Waals surface area contributed by atoms with Crippen molar-refractivity contribution in [2.45, 2.75) is 25.7 Å². The highest BCUT2D eigenvalue weighted by atomic mass is 16.1. The molecule has 0 N–H and O–H groups in total. The second kappa shape index (κ2) is 7.32. The number of carbonyl (C=O) groups excluding carboxylic acids is 1. The van der Waals surface area contributed by atoms with Crippen LogP contribution in [0.15, 0.2) is 84.0 Å². The van der Waals surface area contributed by atoms with Crippen molar-refractivity contribution < 1.29 is 4.79 Å². The quantitative estimate of drug-likeness (QED) is 0.725. The third-order valence-electron chi connectivity index (χ3n) is 4.89. The first kappa shape index (κ1) is 16.9. The lowest BCUT2D eigenvalue weighted by Crippen LogP contribution is -2.24. The van der Waals surface area contributed by atoms with Crippen LogP contribution in [0, 0.1) is 17.2 Å². The van der Waals surface area contributed by atoms with E-state index < -0.39 is 0 Å². The van der Waals surface area contributed by atoms with Gasteiger partial charge in [0.25, 0.3) is 0 Å². The molecule has 25 heavy (non-hydrogen) atoms. The van der Waals surface area contributed by atoms with Crippen LogP contribution >= 0.6 is 0 Å². The van der Waals surface area contributed by atoms with E-state index in [-0.39, 0.29) is 17.6 Å². The number of nitriles is 1. The molecule has 0 saturated carbocycles. The second-order valence-electron chi connectivity index (χ2n) is 6.63. The Labute approximate surface area is 149 Å². The molecular formula is C23H21NO. The van der Waals surface area contributed by atoms with Gasteiger partial charge in [0, 0.05) is 23.5 Å². The molecule has 1 unspecified atom stereocenters. The number of benzene rings is 2. The van der Waals surface area contributed by atoms with Crippen molar-refractivity contribution in [3.63, 3.8) is 0 Å². The van der Waals surface area contributed by atoms with E-state index in [4.69, 9.17) is 0 Å².